The Kier molecular flexibility index (Phi) is 6.72. The minimum atomic E-state index is 0.427. The molecule has 0 atom stereocenters. The van der Waals surface area contributed by atoms with Crippen LogP contribution in [0.15, 0.2) is 65.7 Å². The SMILES string of the molecule is CCOc1cc(C=Nc2cccc(C)c2C)cc(Cl)c1OCc1ccccc1. The number of nitrogens with zero attached hydrogens (tertiary/aromatic N) is 1. The first-order valence-corrected chi connectivity index (χ1v) is 9.69. The lowest BCUT2D eigenvalue weighted by molar-refractivity contribution is 0.269. The van der Waals surface area contributed by atoms with Gasteiger partial charge in [-0.3, -0.25) is 4.99 Å². The van der Waals surface area contributed by atoms with Crippen LogP contribution in [0.2, 0.25) is 5.02 Å². The Morgan fingerprint density at radius 3 is 2.50 bits per heavy atom. The molecule has 3 aromatic rings. The van der Waals surface area contributed by atoms with Crippen molar-refractivity contribution in [3.05, 3.63) is 87.9 Å². The van der Waals surface area contributed by atoms with Crippen LogP contribution in [-0.2, 0) is 6.61 Å². The molecule has 3 aromatic carbocycles. The zero-order chi connectivity index (χ0) is 19.9. The standard InChI is InChI=1S/C24H24ClNO2/c1-4-27-23-14-20(15-26-22-12-8-9-17(2)18(22)3)13-21(25)24(23)28-16-19-10-6-5-7-11-19/h5-15H,4,16H2,1-3H3. The van der Waals surface area contributed by atoms with Crippen molar-refractivity contribution in [2.45, 2.75) is 27.4 Å². The molecule has 3 rings (SSSR count). The third-order valence-corrected chi connectivity index (χ3v) is 4.77. The van der Waals surface area contributed by atoms with Gasteiger partial charge in [0.25, 0.3) is 0 Å². The van der Waals surface area contributed by atoms with Gasteiger partial charge in [0.2, 0.25) is 0 Å². The number of aryl methyl sites for hydroxylation is 1. The monoisotopic (exact) mass is 393 g/mol. The van der Waals surface area contributed by atoms with Gasteiger partial charge in [-0.05, 0) is 61.2 Å². The Morgan fingerprint density at radius 1 is 0.964 bits per heavy atom. The van der Waals surface area contributed by atoms with Gasteiger partial charge in [-0.1, -0.05) is 54.1 Å². The molecule has 3 nitrogen and oxygen atoms in total. The van der Waals surface area contributed by atoms with Crippen molar-refractivity contribution in [3.63, 3.8) is 0 Å². The van der Waals surface area contributed by atoms with Crippen molar-refractivity contribution in [3.8, 4) is 11.5 Å². The highest BCUT2D eigenvalue weighted by molar-refractivity contribution is 6.32. The lowest BCUT2D eigenvalue weighted by atomic mass is 10.1. The zero-order valence-corrected chi connectivity index (χ0v) is 17.2. The molecular formula is C24H24ClNO2. The van der Waals surface area contributed by atoms with Gasteiger partial charge in [0.1, 0.15) is 6.61 Å². The van der Waals surface area contributed by atoms with Crippen molar-refractivity contribution >= 4 is 23.5 Å². The van der Waals surface area contributed by atoms with E-state index in [1.807, 2.05) is 61.5 Å². The highest BCUT2D eigenvalue weighted by Gasteiger charge is 2.12. The van der Waals surface area contributed by atoms with Gasteiger partial charge >= 0.3 is 0 Å². The van der Waals surface area contributed by atoms with E-state index in [1.54, 1.807) is 6.21 Å². The molecule has 0 bridgehead atoms. The molecule has 0 unspecified atom stereocenters. The number of benzene rings is 3. The van der Waals surface area contributed by atoms with Crippen molar-refractivity contribution in [2.75, 3.05) is 6.61 Å². The molecule has 144 valence electrons. The van der Waals surface area contributed by atoms with Gasteiger partial charge in [-0.15, -0.1) is 0 Å². The molecule has 28 heavy (non-hydrogen) atoms. The fraction of sp³-hybridized carbons (Fsp3) is 0.208. The van der Waals surface area contributed by atoms with Gasteiger partial charge < -0.3 is 9.47 Å². The molecule has 4 heteroatoms. The molecule has 0 heterocycles. The van der Waals surface area contributed by atoms with Crippen molar-refractivity contribution in [1.82, 2.24) is 0 Å². The molecule has 0 aromatic heterocycles. The molecule has 0 saturated carbocycles. The normalized spacial score (nSPS) is 11.0. The molecule has 0 aliphatic heterocycles. The molecule has 0 saturated heterocycles. The fourth-order valence-electron chi connectivity index (χ4n) is 2.81. The summed E-state index contributed by atoms with van der Waals surface area (Å²) in [5, 5.41) is 0.504. The first-order valence-electron chi connectivity index (χ1n) is 9.32. The topological polar surface area (TPSA) is 30.8 Å². The highest BCUT2D eigenvalue weighted by atomic mass is 35.5. The minimum absolute atomic E-state index is 0.427. The first-order chi connectivity index (χ1) is 13.6. The summed E-state index contributed by atoms with van der Waals surface area (Å²) in [4.78, 5) is 4.62. The molecule has 0 fully saturated rings. The summed E-state index contributed by atoms with van der Waals surface area (Å²) in [5.41, 5.74) is 5.26. The lowest BCUT2D eigenvalue weighted by Crippen LogP contribution is -2.01. The van der Waals surface area contributed by atoms with Gasteiger partial charge in [-0.2, -0.15) is 0 Å². The van der Waals surface area contributed by atoms with E-state index >= 15 is 0 Å². The molecule has 0 aliphatic carbocycles. The molecule has 0 spiro atoms. The van der Waals surface area contributed by atoms with Gasteiger partial charge in [0.15, 0.2) is 11.5 Å². The maximum atomic E-state index is 6.51. The van der Waals surface area contributed by atoms with Crippen molar-refractivity contribution in [2.24, 2.45) is 4.99 Å². The van der Waals surface area contributed by atoms with E-state index in [9.17, 15) is 0 Å². The summed E-state index contributed by atoms with van der Waals surface area (Å²) in [6.07, 6.45) is 1.80. The predicted octanol–water partition coefficient (Wildman–Crippen LogP) is 6.69. The van der Waals surface area contributed by atoms with E-state index in [0.717, 1.165) is 22.4 Å². The van der Waals surface area contributed by atoms with Crippen molar-refractivity contribution in [1.29, 1.82) is 0 Å². The number of halogens is 1. The smallest absolute Gasteiger partial charge is 0.180 e. The van der Waals surface area contributed by atoms with E-state index in [-0.39, 0.29) is 0 Å². The third-order valence-electron chi connectivity index (χ3n) is 4.49. The number of hydrogen-bond acceptors (Lipinski definition) is 3. The highest BCUT2D eigenvalue weighted by Crippen LogP contribution is 2.37. The summed E-state index contributed by atoms with van der Waals surface area (Å²) in [6.45, 7) is 7.04. The molecule has 0 N–H and O–H groups in total. The largest absolute Gasteiger partial charge is 0.490 e. The molecule has 0 amide bonds. The summed E-state index contributed by atoms with van der Waals surface area (Å²) < 4.78 is 11.7. The van der Waals surface area contributed by atoms with E-state index < -0.39 is 0 Å². The second kappa shape index (κ2) is 9.43. The van der Waals surface area contributed by atoms with E-state index in [4.69, 9.17) is 21.1 Å². The van der Waals surface area contributed by atoms with Gasteiger partial charge in [0.05, 0.1) is 17.3 Å². The van der Waals surface area contributed by atoms with Crippen LogP contribution >= 0.6 is 11.6 Å². The van der Waals surface area contributed by atoms with Crippen LogP contribution in [0.5, 0.6) is 11.5 Å². The minimum Gasteiger partial charge on any atom is -0.490 e. The second-order valence-electron chi connectivity index (χ2n) is 6.51. The zero-order valence-electron chi connectivity index (χ0n) is 16.4. The second-order valence-corrected chi connectivity index (χ2v) is 6.92. The summed E-state index contributed by atoms with van der Waals surface area (Å²) in [5.74, 6) is 1.17. The maximum absolute atomic E-state index is 6.51. The Hall–Kier alpha value is -2.78. The van der Waals surface area contributed by atoms with Crippen LogP contribution < -0.4 is 9.47 Å². The summed E-state index contributed by atoms with van der Waals surface area (Å²) in [7, 11) is 0. The first kappa shape index (κ1) is 20.0. The Bertz CT molecular complexity index is 968. The quantitative estimate of drug-likeness (QED) is 0.419. The Labute approximate surface area is 171 Å². The average Bonchev–Trinajstić information content (AvgIpc) is 2.69. The lowest BCUT2D eigenvalue weighted by Gasteiger charge is -2.14. The average molecular weight is 394 g/mol. The van der Waals surface area contributed by atoms with Crippen molar-refractivity contribution < 1.29 is 9.47 Å². The van der Waals surface area contributed by atoms with E-state index in [2.05, 4.69) is 24.9 Å². The van der Waals surface area contributed by atoms with Crippen LogP contribution in [0.1, 0.15) is 29.2 Å². The van der Waals surface area contributed by atoms with Crippen LogP contribution in [0.25, 0.3) is 0 Å². The van der Waals surface area contributed by atoms with E-state index in [1.165, 1.54) is 5.56 Å². The number of hydrogen-bond donors (Lipinski definition) is 0. The van der Waals surface area contributed by atoms with Crippen LogP contribution in [0.4, 0.5) is 5.69 Å². The number of aliphatic imine (C=N–C) groups is 1. The Morgan fingerprint density at radius 2 is 1.75 bits per heavy atom. The van der Waals surface area contributed by atoms with Gasteiger partial charge in [0, 0.05) is 6.21 Å². The number of ether oxygens (including phenoxy) is 2. The Balaban J connectivity index is 1.85. The molecule has 0 aliphatic rings. The predicted molar refractivity (Wildman–Crippen MR) is 117 cm³/mol. The fourth-order valence-corrected chi connectivity index (χ4v) is 3.09. The van der Waals surface area contributed by atoms with Crippen LogP contribution in [-0.4, -0.2) is 12.8 Å². The van der Waals surface area contributed by atoms with E-state index in [0.29, 0.717) is 29.7 Å². The van der Waals surface area contributed by atoms with Crippen LogP contribution in [0, 0.1) is 13.8 Å². The number of rotatable bonds is 7. The summed E-state index contributed by atoms with van der Waals surface area (Å²) >= 11 is 6.51. The summed E-state index contributed by atoms with van der Waals surface area (Å²) in [6, 6.07) is 19.8. The van der Waals surface area contributed by atoms with Gasteiger partial charge in [-0.25, -0.2) is 0 Å². The third kappa shape index (κ3) is 4.93. The van der Waals surface area contributed by atoms with Crippen LogP contribution in [0.3, 0.4) is 0 Å². The molecular weight excluding hydrogens is 370 g/mol. The molecule has 0 radical (unpaired) electrons. The maximum Gasteiger partial charge on any atom is 0.180 e.